The molecule has 1 aliphatic rings. The first-order chi connectivity index (χ1) is 9.29. The van der Waals surface area contributed by atoms with Crippen LogP contribution in [0.4, 0.5) is 0 Å². The quantitative estimate of drug-likeness (QED) is 0.867. The van der Waals surface area contributed by atoms with Crippen molar-refractivity contribution in [1.29, 1.82) is 0 Å². The standard InChI is InChI=1S/C15H22BrNO2/c1-2-17-10-12-6-7-15(14(16)9-12)19-11-13-5-3-4-8-18-13/h6-7,9,13,17H,2-5,8,10-11H2,1H3. The normalized spacial score (nSPS) is 19.4. The zero-order chi connectivity index (χ0) is 13.5. The summed E-state index contributed by atoms with van der Waals surface area (Å²) in [5.41, 5.74) is 1.26. The molecule has 2 rings (SSSR count). The second kappa shape index (κ2) is 7.88. The highest BCUT2D eigenvalue weighted by Crippen LogP contribution is 2.27. The van der Waals surface area contributed by atoms with Crippen LogP contribution in [0.3, 0.4) is 0 Å². The molecule has 4 heteroatoms. The average Bonchev–Trinajstić information content (AvgIpc) is 2.45. The minimum absolute atomic E-state index is 0.252. The first-order valence-corrected chi connectivity index (χ1v) is 7.82. The summed E-state index contributed by atoms with van der Waals surface area (Å²) in [6, 6.07) is 6.24. The molecule has 0 aromatic heterocycles. The van der Waals surface area contributed by atoms with Gasteiger partial charge in [0, 0.05) is 13.2 Å². The van der Waals surface area contributed by atoms with Crippen LogP contribution in [0.25, 0.3) is 0 Å². The Bertz CT molecular complexity index is 392. The average molecular weight is 328 g/mol. The fourth-order valence-corrected chi connectivity index (χ4v) is 2.70. The molecule has 106 valence electrons. The Morgan fingerprint density at radius 1 is 1.42 bits per heavy atom. The van der Waals surface area contributed by atoms with Crippen LogP contribution < -0.4 is 10.1 Å². The molecular formula is C15H22BrNO2. The Kier molecular flexibility index (Phi) is 6.14. The van der Waals surface area contributed by atoms with Crippen LogP contribution in [0.1, 0.15) is 31.7 Å². The zero-order valence-electron chi connectivity index (χ0n) is 11.5. The zero-order valence-corrected chi connectivity index (χ0v) is 13.0. The van der Waals surface area contributed by atoms with Gasteiger partial charge in [-0.1, -0.05) is 13.0 Å². The van der Waals surface area contributed by atoms with Crippen LogP contribution in [-0.4, -0.2) is 25.9 Å². The van der Waals surface area contributed by atoms with Gasteiger partial charge in [0.15, 0.2) is 0 Å². The highest BCUT2D eigenvalue weighted by Gasteiger charge is 2.15. The lowest BCUT2D eigenvalue weighted by Crippen LogP contribution is -2.25. The summed E-state index contributed by atoms with van der Waals surface area (Å²) in [6.45, 7) is 5.49. The van der Waals surface area contributed by atoms with Crippen molar-refractivity contribution < 1.29 is 9.47 Å². The number of hydrogen-bond acceptors (Lipinski definition) is 3. The smallest absolute Gasteiger partial charge is 0.133 e. The van der Waals surface area contributed by atoms with E-state index in [1.165, 1.54) is 18.4 Å². The summed E-state index contributed by atoms with van der Waals surface area (Å²) in [4.78, 5) is 0. The highest BCUT2D eigenvalue weighted by molar-refractivity contribution is 9.10. The van der Waals surface area contributed by atoms with Crippen molar-refractivity contribution in [3.63, 3.8) is 0 Å². The summed E-state index contributed by atoms with van der Waals surface area (Å²) in [6.07, 6.45) is 3.79. The summed E-state index contributed by atoms with van der Waals surface area (Å²) in [5, 5.41) is 3.31. The molecule has 1 saturated heterocycles. The van der Waals surface area contributed by atoms with E-state index >= 15 is 0 Å². The molecule has 19 heavy (non-hydrogen) atoms. The third-order valence-electron chi connectivity index (χ3n) is 3.27. The monoisotopic (exact) mass is 327 g/mol. The van der Waals surface area contributed by atoms with E-state index < -0.39 is 0 Å². The molecule has 0 aliphatic carbocycles. The van der Waals surface area contributed by atoms with Crippen LogP contribution in [0.15, 0.2) is 22.7 Å². The maximum atomic E-state index is 5.84. The first kappa shape index (κ1) is 14.8. The molecule has 3 nitrogen and oxygen atoms in total. The molecule has 1 atom stereocenters. The summed E-state index contributed by atoms with van der Waals surface area (Å²) < 4.78 is 12.5. The van der Waals surface area contributed by atoms with Crippen LogP contribution in [0, 0.1) is 0 Å². The van der Waals surface area contributed by atoms with E-state index in [0.29, 0.717) is 6.61 Å². The second-order valence-electron chi connectivity index (χ2n) is 4.84. The molecule has 1 unspecified atom stereocenters. The second-order valence-corrected chi connectivity index (χ2v) is 5.70. The Labute approximate surface area is 123 Å². The van der Waals surface area contributed by atoms with Gasteiger partial charge in [0.1, 0.15) is 12.4 Å². The van der Waals surface area contributed by atoms with Crippen molar-refractivity contribution in [2.24, 2.45) is 0 Å². The van der Waals surface area contributed by atoms with E-state index in [2.05, 4.69) is 40.3 Å². The van der Waals surface area contributed by atoms with Gasteiger partial charge in [0.05, 0.1) is 10.6 Å². The van der Waals surface area contributed by atoms with E-state index in [9.17, 15) is 0 Å². The number of halogens is 1. The van der Waals surface area contributed by atoms with Gasteiger partial charge >= 0.3 is 0 Å². The van der Waals surface area contributed by atoms with Gasteiger partial charge in [0.2, 0.25) is 0 Å². The van der Waals surface area contributed by atoms with E-state index in [4.69, 9.17) is 9.47 Å². The van der Waals surface area contributed by atoms with Crippen molar-refractivity contribution in [2.75, 3.05) is 19.8 Å². The Morgan fingerprint density at radius 2 is 2.32 bits per heavy atom. The molecule has 1 aromatic carbocycles. The van der Waals surface area contributed by atoms with Crippen molar-refractivity contribution in [3.8, 4) is 5.75 Å². The fourth-order valence-electron chi connectivity index (χ4n) is 2.16. The lowest BCUT2D eigenvalue weighted by atomic mass is 10.1. The molecule has 0 spiro atoms. The topological polar surface area (TPSA) is 30.5 Å². The molecule has 0 radical (unpaired) electrons. The molecule has 1 heterocycles. The van der Waals surface area contributed by atoms with E-state index in [1.807, 2.05) is 6.07 Å². The van der Waals surface area contributed by atoms with Crippen LogP contribution in [-0.2, 0) is 11.3 Å². The van der Waals surface area contributed by atoms with E-state index in [1.54, 1.807) is 0 Å². The number of benzene rings is 1. The SMILES string of the molecule is CCNCc1ccc(OCC2CCCCO2)c(Br)c1. The summed E-state index contributed by atoms with van der Waals surface area (Å²) in [7, 11) is 0. The molecule has 0 amide bonds. The van der Waals surface area contributed by atoms with E-state index in [-0.39, 0.29) is 6.10 Å². The van der Waals surface area contributed by atoms with Gasteiger partial charge in [-0.3, -0.25) is 0 Å². The van der Waals surface area contributed by atoms with Gasteiger partial charge in [-0.2, -0.15) is 0 Å². The van der Waals surface area contributed by atoms with E-state index in [0.717, 1.165) is 36.3 Å². The number of hydrogen-bond donors (Lipinski definition) is 1. The summed E-state index contributed by atoms with van der Waals surface area (Å²) >= 11 is 3.57. The lowest BCUT2D eigenvalue weighted by molar-refractivity contribution is -0.0112. The molecular weight excluding hydrogens is 306 g/mol. The highest BCUT2D eigenvalue weighted by atomic mass is 79.9. The van der Waals surface area contributed by atoms with Crippen molar-refractivity contribution in [1.82, 2.24) is 5.32 Å². The van der Waals surface area contributed by atoms with Gasteiger partial charge in [-0.25, -0.2) is 0 Å². The maximum Gasteiger partial charge on any atom is 0.133 e. The van der Waals surface area contributed by atoms with Gasteiger partial charge in [0.25, 0.3) is 0 Å². The number of nitrogens with one attached hydrogen (secondary N) is 1. The largest absolute Gasteiger partial charge is 0.490 e. The third kappa shape index (κ3) is 4.79. The predicted octanol–water partition coefficient (Wildman–Crippen LogP) is 3.51. The molecule has 1 aromatic rings. The Hall–Kier alpha value is -0.580. The maximum absolute atomic E-state index is 5.84. The number of rotatable bonds is 6. The molecule has 1 N–H and O–H groups in total. The van der Waals surface area contributed by atoms with Crippen LogP contribution in [0.2, 0.25) is 0 Å². The van der Waals surface area contributed by atoms with Gasteiger partial charge in [-0.05, 0) is 59.4 Å². The first-order valence-electron chi connectivity index (χ1n) is 7.03. The van der Waals surface area contributed by atoms with Crippen molar-refractivity contribution in [3.05, 3.63) is 28.2 Å². The summed E-state index contributed by atoms with van der Waals surface area (Å²) in [5.74, 6) is 0.898. The van der Waals surface area contributed by atoms with Gasteiger partial charge in [-0.15, -0.1) is 0 Å². The minimum atomic E-state index is 0.252. The van der Waals surface area contributed by atoms with Crippen LogP contribution in [0.5, 0.6) is 5.75 Å². The van der Waals surface area contributed by atoms with Gasteiger partial charge < -0.3 is 14.8 Å². The minimum Gasteiger partial charge on any atom is -0.490 e. The third-order valence-corrected chi connectivity index (χ3v) is 3.89. The lowest BCUT2D eigenvalue weighted by Gasteiger charge is -2.23. The van der Waals surface area contributed by atoms with Crippen molar-refractivity contribution >= 4 is 15.9 Å². The molecule has 1 aliphatic heterocycles. The molecule has 0 bridgehead atoms. The fraction of sp³-hybridized carbons (Fsp3) is 0.600. The molecule has 0 saturated carbocycles. The Morgan fingerprint density at radius 3 is 3.00 bits per heavy atom. The predicted molar refractivity (Wildman–Crippen MR) is 80.6 cm³/mol. The Balaban J connectivity index is 1.85. The number of ether oxygens (including phenoxy) is 2. The van der Waals surface area contributed by atoms with Crippen molar-refractivity contribution in [2.45, 2.75) is 38.8 Å². The molecule has 1 fully saturated rings. The van der Waals surface area contributed by atoms with Crippen LogP contribution >= 0.6 is 15.9 Å².